The van der Waals surface area contributed by atoms with Crippen molar-refractivity contribution < 1.29 is 28.2 Å². The number of carbonyl (C=O) groups excluding carboxylic acids is 3. The number of anilines is 3. The number of ether oxygens (including phenoxy) is 2. The first-order valence-corrected chi connectivity index (χ1v) is 14.4. The molecule has 3 aliphatic heterocycles. The molecule has 10 nitrogen and oxygen atoms in total. The van der Waals surface area contributed by atoms with E-state index in [2.05, 4.69) is 27.7 Å². The maximum absolute atomic E-state index is 15.2. The Morgan fingerprint density at radius 3 is 2.48 bits per heavy atom. The van der Waals surface area contributed by atoms with Crippen LogP contribution in [0.1, 0.15) is 12.5 Å². The van der Waals surface area contributed by atoms with Crippen LogP contribution < -0.4 is 25.3 Å². The van der Waals surface area contributed by atoms with Crippen LogP contribution in [0.4, 0.5) is 31.0 Å². The maximum Gasteiger partial charge on any atom is 0.414 e. The molecular weight excluding hydrogens is 557 g/mol. The third kappa shape index (κ3) is 6.41. The molecule has 0 aromatic heterocycles. The molecule has 3 heterocycles. The standard InChI is InChI=1S/C27H30FN5O5S2/c1-2-37-25(35)29-15-20-16-33(27(36)38-20)19-7-8-22(21(28)14-19)32-11-9-31(10-12-32)18-5-3-17(4-6-18)13-23-24(34)30-26(39)40-23/h3-8,14,20,23H,2,9-13,15-16H2,1H3,(H,29,35)(H,30,34,39)/t20-,23?/m0/s1. The Morgan fingerprint density at radius 2 is 1.82 bits per heavy atom. The molecule has 0 saturated carbocycles. The van der Waals surface area contributed by atoms with Gasteiger partial charge in [-0.2, -0.15) is 0 Å². The van der Waals surface area contributed by atoms with Crippen molar-refractivity contribution in [2.45, 2.75) is 24.7 Å². The SMILES string of the molecule is CCOC(=O)NC[C@H]1CN(c2ccc(N3CCN(c4ccc(CC5SC(=S)NC5=O)cc4)CC3)c(F)c2)C(=O)O1. The Balaban J connectivity index is 1.13. The molecule has 3 saturated heterocycles. The van der Waals surface area contributed by atoms with Crippen LogP contribution in [-0.2, 0) is 20.7 Å². The fraction of sp³-hybridized carbons (Fsp3) is 0.407. The quantitative estimate of drug-likeness (QED) is 0.451. The van der Waals surface area contributed by atoms with E-state index >= 15 is 4.39 Å². The van der Waals surface area contributed by atoms with Gasteiger partial charge in [0.25, 0.3) is 0 Å². The Morgan fingerprint density at radius 1 is 1.12 bits per heavy atom. The molecule has 0 spiro atoms. The number of nitrogens with one attached hydrogen (secondary N) is 2. The Kier molecular flexibility index (Phi) is 8.60. The molecule has 13 heteroatoms. The molecule has 1 unspecified atom stereocenters. The Bertz CT molecular complexity index is 1290. The van der Waals surface area contributed by atoms with Gasteiger partial charge in [0.1, 0.15) is 16.2 Å². The van der Waals surface area contributed by atoms with Crippen LogP contribution in [0.5, 0.6) is 0 Å². The highest BCUT2D eigenvalue weighted by Gasteiger charge is 2.33. The summed E-state index contributed by atoms with van der Waals surface area (Å²) in [5.74, 6) is -0.451. The number of nitrogens with zero attached hydrogens (tertiary/aromatic N) is 3. The number of hydrogen-bond acceptors (Lipinski definition) is 9. The summed E-state index contributed by atoms with van der Waals surface area (Å²) in [7, 11) is 0. The van der Waals surface area contributed by atoms with Gasteiger partial charge < -0.3 is 29.9 Å². The number of thiocarbonyl (C=S) groups is 1. The molecule has 212 valence electrons. The number of alkyl carbamates (subject to hydrolysis) is 1. The highest BCUT2D eigenvalue weighted by molar-refractivity contribution is 8.24. The third-order valence-electron chi connectivity index (χ3n) is 6.98. The minimum atomic E-state index is -0.587. The normalized spacial score (nSPS) is 20.9. The van der Waals surface area contributed by atoms with Crippen LogP contribution in [0, 0.1) is 5.82 Å². The first kappa shape index (κ1) is 28.0. The van der Waals surface area contributed by atoms with Crippen molar-refractivity contribution >= 4 is 63.5 Å². The summed E-state index contributed by atoms with van der Waals surface area (Å²) in [5, 5.41) is 5.04. The van der Waals surface area contributed by atoms with Crippen molar-refractivity contribution in [2.75, 3.05) is 60.6 Å². The number of benzene rings is 2. The maximum atomic E-state index is 15.2. The zero-order valence-electron chi connectivity index (χ0n) is 21.9. The molecule has 0 aliphatic carbocycles. The van der Waals surface area contributed by atoms with Gasteiger partial charge in [-0.25, -0.2) is 14.0 Å². The second-order valence-electron chi connectivity index (χ2n) is 9.58. The Hall–Kier alpha value is -3.58. The highest BCUT2D eigenvalue weighted by Crippen LogP contribution is 2.30. The molecular formula is C27H30FN5O5S2. The number of cyclic esters (lactones) is 1. The molecule has 3 aliphatic rings. The average molecular weight is 588 g/mol. The lowest BCUT2D eigenvalue weighted by Crippen LogP contribution is -2.46. The zero-order chi connectivity index (χ0) is 28.2. The zero-order valence-corrected chi connectivity index (χ0v) is 23.6. The van der Waals surface area contributed by atoms with Crippen LogP contribution in [-0.4, -0.2) is 79.6 Å². The third-order valence-corrected chi connectivity index (χ3v) is 8.35. The van der Waals surface area contributed by atoms with Crippen LogP contribution >= 0.6 is 24.0 Å². The van der Waals surface area contributed by atoms with E-state index in [1.54, 1.807) is 19.1 Å². The van der Waals surface area contributed by atoms with Gasteiger partial charge in [-0.3, -0.25) is 9.69 Å². The van der Waals surface area contributed by atoms with Crippen LogP contribution in [0.15, 0.2) is 42.5 Å². The van der Waals surface area contributed by atoms with Crippen molar-refractivity contribution in [3.63, 3.8) is 0 Å². The number of piperazine rings is 1. The average Bonchev–Trinajstić information content (AvgIpc) is 3.48. The van der Waals surface area contributed by atoms with Crippen molar-refractivity contribution in [1.29, 1.82) is 0 Å². The van der Waals surface area contributed by atoms with E-state index in [1.807, 2.05) is 17.0 Å². The predicted octanol–water partition coefficient (Wildman–Crippen LogP) is 3.28. The monoisotopic (exact) mass is 587 g/mol. The lowest BCUT2D eigenvalue weighted by Gasteiger charge is -2.37. The van der Waals surface area contributed by atoms with E-state index in [0.717, 1.165) is 24.3 Å². The van der Waals surface area contributed by atoms with E-state index in [-0.39, 0.29) is 30.9 Å². The molecule has 3 amide bonds. The fourth-order valence-electron chi connectivity index (χ4n) is 4.93. The van der Waals surface area contributed by atoms with Crippen molar-refractivity contribution in [3.8, 4) is 0 Å². The smallest absolute Gasteiger partial charge is 0.414 e. The highest BCUT2D eigenvalue weighted by atomic mass is 32.2. The fourth-order valence-corrected chi connectivity index (χ4v) is 6.24. The summed E-state index contributed by atoms with van der Waals surface area (Å²) in [5.41, 5.74) is 3.04. The Labute approximate surface area is 241 Å². The molecule has 0 radical (unpaired) electrons. The van der Waals surface area contributed by atoms with E-state index < -0.39 is 24.1 Å². The number of amides is 3. The van der Waals surface area contributed by atoms with Crippen LogP contribution in [0.2, 0.25) is 0 Å². The lowest BCUT2D eigenvalue weighted by molar-refractivity contribution is -0.118. The summed E-state index contributed by atoms with van der Waals surface area (Å²) in [6.07, 6.45) is -1.10. The first-order chi connectivity index (χ1) is 19.3. The van der Waals surface area contributed by atoms with Crippen LogP contribution in [0.25, 0.3) is 0 Å². The van der Waals surface area contributed by atoms with Crippen molar-refractivity contribution in [2.24, 2.45) is 0 Å². The lowest BCUT2D eigenvalue weighted by atomic mass is 10.1. The van der Waals surface area contributed by atoms with E-state index in [0.29, 0.717) is 35.2 Å². The minimum absolute atomic E-state index is 0.0386. The number of thioether (sulfide) groups is 1. The van der Waals surface area contributed by atoms with E-state index in [1.165, 1.54) is 22.7 Å². The van der Waals surface area contributed by atoms with Gasteiger partial charge in [0.05, 0.1) is 36.3 Å². The first-order valence-electron chi connectivity index (χ1n) is 13.1. The summed E-state index contributed by atoms with van der Waals surface area (Å²) in [4.78, 5) is 41.4. The molecule has 2 N–H and O–H groups in total. The molecule has 2 aromatic carbocycles. The van der Waals surface area contributed by atoms with Gasteiger partial charge >= 0.3 is 12.2 Å². The van der Waals surface area contributed by atoms with Gasteiger partial charge in [-0.1, -0.05) is 36.1 Å². The van der Waals surface area contributed by atoms with Gasteiger partial charge in [-0.05, 0) is 49.2 Å². The number of halogens is 1. The van der Waals surface area contributed by atoms with Gasteiger partial charge in [0.15, 0.2) is 0 Å². The largest absolute Gasteiger partial charge is 0.450 e. The van der Waals surface area contributed by atoms with E-state index in [9.17, 15) is 14.4 Å². The minimum Gasteiger partial charge on any atom is -0.450 e. The van der Waals surface area contributed by atoms with Crippen molar-refractivity contribution in [3.05, 3.63) is 53.8 Å². The predicted molar refractivity (Wildman–Crippen MR) is 156 cm³/mol. The second kappa shape index (κ2) is 12.3. The molecule has 2 atom stereocenters. The van der Waals surface area contributed by atoms with Gasteiger partial charge in [0.2, 0.25) is 5.91 Å². The summed E-state index contributed by atoms with van der Waals surface area (Å²) >= 11 is 6.47. The molecule has 40 heavy (non-hydrogen) atoms. The summed E-state index contributed by atoms with van der Waals surface area (Å²) < 4.78 is 25.8. The molecule has 3 fully saturated rings. The van der Waals surface area contributed by atoms with Crippen molar-refractivity contribution in [1.82, 2.24) is 10.6 Å². The van der Waals surface area contributed by atoms with E-state index in [4.69, 9.17) is 21.7 Å². The summed E-state index contributed by atoms with van der Waals surface area (Å²) in [6.45, 7) is 4.98. The molecule has 5 rings (SSSR count). The summed E-state index contributed by atoms with van der Waals surface area (Å²) in [6, 6.07) is 12.9. The number of rotatable bonds is 8. The topological polar surface area (TPSA) is 103 Å². The second-order valence-corrected chi connectivity index (χ2v) is 11.5. The van der Waals surface area contributed by atoms with Gasteiger partial charge in [0, 0.05) is 31.9 Å². The number of carbonyl (C=O) groups is 3. The molecule has 0 bridgehead atoms. The number of hydrogen-bond donors (Lipinski definition) is 2. The van der Waals surface area contributed by atoms with Gasteiger partial charge in [-0.15, -0.1) is 0 Å². The molecule has 2 aromatic rings. The van der Waals surface area contributed by atoms with Crippen LogP contribution in [0.3, 0.4) is 0 Å².